The highest BCUT2D eigenvalue weighted by atomic mass is 16.7. The summed E-state index contributed by atoms with van der Waals surface area (Å²) < 4.78 is 21.5. The minimum atomic E-state index is -0.742. The van der Waals surface area contributed by atoms with Crippen LogP contribution in [-0.4, -0.2) is 43.0 Å². The fraction of sp³-hybridized carbons (Fsp3) is 0.389. The highest BCUT2D eigenvalue weighted by Crippen LogP contribution is 2.22. The molecule has 0 fully saturated rings. The lowest BCUT2D eigenvalue weighted by Gasteiger charge is -2.31. The molecule has 1 N–H and O–H groups in total. The molecular formula is C18H21NO7. The van der Waals surface area contributed by atoms with Crippen molar-refractivity contribution in [3.8, 4) is 5.75 Å². The van der Waals surface area contributed by atoms with E-state index in [-0.39, 0.29) is 12.5 Å². The van der Waals surface area contributed by atoms with E-state index >= 15 is 0 Å². The van der Waals surface area contributed by atoms with Gasteiger partial charge in [0, 0.05) is 26.5 Å². The molecule has 1 aromatic carbocycles. The standard InChI is InChI=1S/C18H21NO7/c1-11(20)19-14-4-6-15(7-5-14)25-18-9-8-16(24-13(3)22)17(26-18)10-23-12(2)21/h4-9,16-18H,10H2,1-3H3,(H,19,20). The first-order valence-electron chi connectivity index (χ1n) is 8.02. The molecule has 0 aromatic heterocycles. The molecule has 0 spiro atoms. The van der Waals surface area contributed by atoms with Gasteiger partial charge in [-0.15, -0.1) is 0 Å². The fourth-order valence-corrected chi connectivity index (χ4v) is 2.28. The van der Waals surface area contributed by atoms with E-state index in [9.17, 15) is 14.4 Å². The van der Waals surface area contributed by atoms with Crippen LogP contribution < -0.4 is 10.1 Å². The van der Waals surface area contributed by atoms with Crippen LogP contribution in [0.3, 0.4) is 0 Å². The van der Waals surface area contributed by atoms with E-state index in [0.29, 0.717) is 11.4 Å². The number of hydrogen-bond acceptors (Lipinski definition) is 7. The molecular weight excluding hydrogens is 342 g/mol. The van der Waals surface area contributed by atoms with E-state index in [4.69, 9.17) is 18.9 Å². The lowest BCUT2D eigenvalue weighted by Crippen LogP contribution is -2.42. The number of amides is 1. The van der Waals surface area contributed by atoms with E-state index in [1.165, 1.54) is 20.8 Å². The van der Waals surface area contributed by atoms with Crippen LogP contribution in [0, 0.1) is 0 Å². The fourth-order valence-electron chi connectivity index (χ4n) is 2.28. The van der Waals surface area contributed by atoms with E-state index in [0.717, 1.165) is 0 Å². The van der Waals surface area contributed by atoms with Gasteiger partial charge in [-0.05, 0) is 36.4 Å². The SMILES string of the molecule is CC(=O)Nc1ccc(OC2C=CC(OC(C)=O)C(COC(C)=O)O2)cc1. The summed E-state index contributed by atoms with van der Waals surface area (Å²) in [6.45, 7) is 3.92. The van der Waals surface area contributed by atoms with Gasteiger partial charge in [0.25, 0.3) is 0 Å². The molecule has 3 atom stereocenters. The van der Waals surface area contributed by atoms with Crippen molar-refractivity contribution in [3.05, 3.63) is 36.4 Å². The van der Waals surface area contributed by atoms with Gasteiger partial charge in [0.05, 0.1) is 0 Å². The first-order valence-corrected chi connectivity index (χ1v) is 8.02. The molecule has 8 heteroatoms. The normalized spacial score (nSPS) is 21.6. The minimum absolute atomic E-state index is 0.0705. The number of carbonyl (C=O) groups excluding carboxylic acids is 3. The lowest BCUT2D eigenvalue weighted by molar-refractivity contribution is -0.178. The minimum Gasteiger partial charge on any atom is -0.463 e. The Morgan fingerprint density at radius 3 is 2.31 bits per heavy atom. The molecule has 0 bridgehead atoms. The number of ether oxygens (including phenoxy) is 4. The summed E-state index contributed by atoms with van der Waals surface area (Å²) in [5, 5.41) is 2.66. The highest BCUT2D eigenvalue weighted by Gasteiger charge is 2.31. The number of rotatable bonds is 6. The average Bonchev–Trinajstić information content (AvgIpc) is 2.55. The molecule has 3 unspecified atom stereocenters. The number of nitrogens with one attached hydrogen (secondary N) is 1. The third kappa shape index (κ3) is 6.21. The number of hydrogen-bond donors (Lipinski definition) is 1. The maximum atomic E-state index is 11.2. The number of anilines is 1. The molecule has 0 saturated heterocycles. The largest absolute Gasteiger partial charge is 0.463 e. The third-order valence-electron chi connectivity index (χ3n) is 3.31. The summed E-state index contributed by atoms with van der Waals surface area (Å²) in [5.41, 5.74) is 0.646. The molecule has 1 amide bonds. The molecule has 1 aliphatic rings. The quantitative estimate of drug-likeness (QED) is 0.607. The average molecular weight is 363 g/mol. The Bertz CT molecular complexity index is 683. The van der Waals surface area contributed by atoms with Crippen molar-refractivity contribution >= 4 is 23.5 Å². The van der Waals surface area contributed by atoms with Crippen molar-refractivity contribution in [1.29, 1.82) is 0 Å². The summed E-state index contributed by atoms with van der Waals surface area (Å²) in [4.78, 5) is 33.3. The molecule has 1 heterocycles. The van der Waals surface area contributed by atoms with E-state index in [2.05, 4.69) is 5.32 Å². The Balaban J connectivity index is 2.01. The molecule has 0 saturated carbocycles. The Kier molecular flexibility index (Phi) is 6.74. The third-order valence-corrected chi connectivity index (χ3v) is 3.31. The Morgan fingerprint density at radius 2 is 1.73 bits per heavy atom. The van der Waals surface area contributed by atoms with Gasteiger partial charge < -0.3 is 24.3 Å². The van der Waals surface area contributed by atoms with E-state index < -0.39 is 30.4 Å². The zero-order valence-corrected chi connectivity index (χ0v) is 14.8. The number of esters is 2. The van der Waals surface area contributed by atoms with Gasteiger partial charge in [-0.2, -0.15) is 0 Å². The van der Waals surface area contributed by atoms with Crippen LogP contribution in [0.4, 0.5) is 5.69 Å². The van der Waals surface area contributed by atoms with Crippen LogP contribution in [0.5, 0.6) is 5.75 Å². The van der Waals surface area contributed by atoms with Crippen LogP contribution in [0.1, 0.15) is 20.8 Å². The molecule has 0 aliphatic carbocycles. The molecule has 1 aliphatic heterocycles. The molecule has 2 rings (SSSR count). The first-order chi connectivity index (χ1) is 12.3. The van der Waals surface area contributed by atoms with Crippen molar-refractivity contribution in [3.63, 3.8) is 0 Å². The van der Waals surface area contributed by atoms with Gasteiger partial charge in [0.15, 0.2) is 0 Å². The molecule has 1 aromatic rings. The lowest BCUT2D eigenvalue weighted by atomic mass is 10.1. The van der Waals surface area contributed by atoms with Gasteiger partial charge in [-0.25, -0.2) is 0 Å². The predicted octanol–water partition coefficient (Wildman–Crippen LogP) is 1.80. The van der Waals surface area contributed by atoms with Crippen LogP contribution in [0.25, 0.3) is 0 Å². The highest BCUT2D eigenvalue weighted by molar-refractivity contribution is 5.88. The maximum absolute atomic E-state index is 11.2. The maximum Gasteiger partial charge on any atom is 0.303 e. The summed E-state index contributed by atoms with van der Waals surface area (Å²) >= 11 is 0. The van der Waals surface area contributed by atoms with Gasteiger partial charge >= 0.3 is 11.9 Å². The monoisotopic (exact) mass is 363 g/mol. The number of benzene rings is 1. The summed E-state index contributed by atoms with van der Waals surface area (Å²) in [6.07, 6.45) is 1.15. The zero-order chi connectivity index (χ0) is 19.1. The first kappa shape index (κ1) is 19.5. The predicted molar refractivity (Wildman–Crippen MR) is 91.4 cm³/mol. The molecule has 0 radical (unpaired) electrons. The van der Waals surface area contributed by atoms with Crippen molar-refractivity contribution in [2.24, 2.45) is 0 Å². The zero-order valence-electron chi connectivity index (χ0n) is 14.8. The van der Waals surface area contributed by atoms with Crippen LogP contribution in [0.2, 0.25) is 0 Å². The number of carbonyl (C=O) groups is 3. The summed E-state index contributed by atoms with van der Waals surface area (Å²) in [5.74, 6) is -0.576. The topological polar surface area (TPSA) is 100 Å². The Hall–Kier alpha value is -2.87. The molecule has 26 heavy (non-hydrogen) atoms. The van der Waals surface area contributed by atoms with Crippen LogP contribution in [0.15, 0.2) is 36.4 Å². The van der Waals surface area contributed by atoms with Gasteiger partial charge in [-0.3, -0.25) is 14.4 Å². The van der Waals surface area contributed by atoms with Crippen molar-refractivity contribution < 1.29 is 33.3 Å². The Morgan fingerprint density at radius 1 is 1.04 bits per heavy atom. The summed E-state index contributed by atoms with van der Waals surface area (Å²) in [6, 6.07) is 6.76. The molecule has 8 nitrogen and oxygen atoms in total. The van der Waals surface area contributed by atoms with Crippen molar-refractivity contribution in [2.75, 3.05) is 11.9 Å². The second kappa shape index (κ2) is 9.00. The van der Waals surface area contributed by atoms with Gasteiger partial charge in [0.1, 0.15) is 24.6 Å². The van der Waals surface area contributed by atoms with Gasteiger partial charge in [-0.1, -0.05) is 0 Å². The summed E-state index contributed by atoms with van der Waals surface area (Å²) in [7, 11) is 0. The van der Waals surface area contributed by atoms with Crippen LogP contribution in [-0.2, 0) is 28.6 Å². The smallest absolute Gasteiger partial charge is 0.303 e. The van der Waals surface area contributed by atoms with Crippen molar-refractivity contribution in [2.45, 2.75) is 39.3 Å². The second-order valence-corrected chi connectivity index (χ2v) is 5.63. The second-order valence-electron chi connectivity index (χ2n) is 5.63. The van der Waals surface area contributed by atoms with E-state index in [1.807, 2.05) is 0 Å². The van der Waals surface area contributed by atoms with E-state index in [1.54, 1.807) is 36.4 Å². The Labute approximate surface area is 151 Å². The van der Waals surface area contributed by atoms with Crippen LogP contribution >= 0.6 is 0 Å². The molecule has 140 valence electrons. The van der Waals surface area contributed by atoms with Crippen molar-refractivity contribution in [1.82, 2.24) is 0 Å². The van der Waals surface area contributed by atoms with Gasteiger partial charge in [0.2, 0.25) is 12.2 Å².